The summed E-state index contributed by atoms with van der Waals surface area (Å²) in [6, 6.07) is 9.93. The number of nitrogens with zero attached hydrogens (tertiary/aromatic N) is 2. The molecule has 0 saturated carbocycles. The molecule has 0 aliphatic carbocycles. The zero-order valence-electron chi connectivity index (χ0n) is 9.73. The van der Waals surface area contributed by atoms with Gasteiger partial charge in [-0.1, -0.05) is 11.8 Å². The van der Waals surface area contributed by atoms with Crippen LogP contribution in [0.2, 0.25) is 0 Å². The zero-order valence-corrected chi connectivity index (χ0v) is 10.5. The van der Waals surface area contributed by atoms with Crippen LogP contribution in [0.5, 0.6) is 5.75 Å². The molecule has 0 atom stereocenters. The zero-order chi connectivity index (χ0) is 12.3. The molecule has 86 valence electrons. The van der Waals surface area contributed by atoms with Crippen LogP contribution in [-0.4, -0.2) is 17.8 Å². The molecule has 0 spiro atoms. The van der Waals surface area contributed by atoms with Crippen molar-refractivity contribution in [3.8, 4) is 11.8 Å². The minimum atomic E-state index is 0.425. The van der Waals surface area contributed by atoms with E-state index in [1.807, 2.05) is 31.2 Å². The average Bonchev–Trinajstić information content (AvgIpc) is 2.36. The Morgan fingerprint density at radius 2 is 2.24 bits per heavy atom. The van der Waals surface area contributed by atoms with Crippen LogP contribution in [0.3, 0.4) is 0 Å². The Morgan fingerprint density at radius 3 is 2.94 bits per heavy atom. The first-order valence-electron chi connectivity index (χ1n) is 5.19. The van der Waals surface area contributed by atoms with Crippen LogP contribution in [0, 0.1) is 18.3 Å². The molecule has 0 N–H and O–H groups in total. The van der Waals surface area contributed by atoms with E-state index in [1.165, 1.54) is 11.8 Å². The van der Waals surface area contributed by atoms with Crippen LogP contribution in [-0.2, 0) is 0 Å². The summed E-state index contributed by atoms with van der Waals surface area (Å²) >= 11 is 1.46. The van der Waals surface area contributed by atoms with E-state index in [4.69, 9.17) is 10.00 Å². The van der Waals surface area contributed by atoms with Crippen LogP contribution >= 0.6 is 11.8 Å². The Kier molecular flexibility index (Phi) is 3.50. The quantitative estimate of drug-likeness (QED) is 0.778. The first-order valence-corrected chi connectivity index (χ1v) is 6.18. The van der Waals surface area contributed by atoms with E-state index in [2.05, 4.69) is 11.1 Å². The number of hydrogen-bond donors (Lipinski definition) is 0. The molecule has 2 rings (SSSR count). The van der Waals surface area contributed by atoms with Gasteiger partial charge in [0.25, 0.3) is 0 Å². The van der Waals surface area contributed by atoms with Gasteiger partial charge in [0.05, 0.1) is 29.5 Å². The van der Waals surface area contributed by atoms with Gasteiger partial charge in [0.15, 0.2) is 0 Å². The third kappa shape index (κ3) is 2.51. The van der Waals surface area contributed by atoms with Crippen molar-refractivity contribution < 1.29 is 4.74 Å². The largest absolute Gasteiger partial charge is 0.497 e. The molecular formula is C13H12N2OS. The van der Waals surface area contributed by atoms with Gasteiger partial charge in [0, 0.05) is 5.39 Å². The molecule has 0 saturated heterocycles. The van der Waals surface area contributed by atoms with Gasteiger partial charge < -0.3 is 4.74 Å². The first kappa shape index (κ1) is 11.7. The molecule has 0 bridgehead atoms. The lowest BCUT2D eigenvalue weighted by atomic mass is 10.1. The number of aryl methyl sites for hydroxylation is 1. The summed E-state index contributed by atoms with van der Waals surface area (Å²) in [5.74, 6) is 1.26. The van der Waals surface area contributed by atoms with Gasteiger partial charge in [-0.2, -0.15) is 5.26 Å². The minimum absolute atomic E-state index is 0.425. The fourth-order valence-electron chi connectivity index (χ4n) is 1.65. The second kappa shape index (κ2) is 5.07. The standard InChI is InChI=1S/C13H12N2OS/c1-9-7-13(17-6-5-14)15-12-4-3-10(16-2)8-11(9)12/h3-4,7-8H,6H2,1-2H3. The van der Waals surface area contributed by atoms with Gasteiger partial charge in [-0.25, -0.2) is 4.98 Å². The Morgan fingerprint density at radius 1 is 1.41 bits per heavy atom. The number of ether oxygens (including phenoxy) is 1. The third-order valence-electron chi connectivity index (χ3n) is 2.48. The summed E-state index contributed by atoms with van der Waals surface area (Å²) in [7, 11) is 1.65. The van der Waals surface area contributed by atoms with Gasteiger partial charge in [-0.15, -0.1) is 0 Å². The van der Waals surface area contributed by atoms with E-state index >= 15 is 0 Å². The molecule has 3 nitrogen and oxygen atoms in total. The molecule has 0 aliphatic rings. The maximum Gasteiger partial charge on any atom is 0.119 e. The third-order valence-corrected chi connectivity index (χ3v) is 3.26. The van der Waals surface area contributed by atoms with Gasteiger partial charge in [0.2, 0.25) is 0 Å². The van der Waals surface area contributed by atoms with Crippen molar-refractivity contribution in [3.05, 3.63) is 29.8 Å². The predicted molar refractivity (Wildman–Crippen MR) is 69.4 cm³/mol. The maximum atomic E-state index is 8.56. The highest BCUT2D eigenvalue weighted by Gasteiger charge is 2.04. The molecule has 1 heterocycles. The molecule has 1 aromatic carbocycles. The van der Waals surface area contributed by atoms with Crippen molar-refractivity contribution in [2.45, 2.75) is 11.9 Å². The van der Waals surface area contributed by atoms with E-state index in [-0.39, 0.29) is 0 Å². The number of aromatic nitrogens is 1. The van der Waals surface area contributed by atoms with E-state index < -0.39 is 0 Å². The molecule has 0 unspecified atom stereocenters. The van der Waals surface area contributed by atoms with E-state index in [0.29, 0.717) is 5.75 Å². The normalized spacial score (nSPS) is 10.2. The number of fused-ring (bicyclic) bond motifs is 1. The number of rotatable bonds is 3. The lowest BCUT2D eigenvalue weighted by Crippen LogP contribution is -1.89. The van der Waals surface area contributed by atoms with Crippen molar-refractivity contribution in [2.75, 3.05) is 12.9 Å². The lowest BCUT2D eigenvalue weighted by Gasteiger charge is -2.06. The number of methoxy groups -OCH3 is 1. The molecule has 17 heavy (non-hydrogen) atoms. The second-order valence-electron chi connectivity index (χ2n) is 3.61. The van der Waals surface area contributed by atoms with Crippen LogP contribution in [0.15, 0.2) is 29.3 Å². The second-order valence-corrected chi connectivity index (χ2v) is 4.60. The smallest absolute Gasteiger partial charge is 0.119 e. The van der Waals surface area contributed by atoms with Crippen molar-refractivity contribution in [3.63, 3.8) is 0 Å². The molecule has 1 aromatic heterocycles. The molecule has 0 aliphatic heterocycles. The van der Waals surface area contributed by atoms with Crippen molar-refractivity contribution in [1.29, 1.82) is 5.26 Å². The Hall–Kier alpha value is -1.73. The average molecular weight is 244 g/mol. The highest BCUT2D eigenvalue weighted by molar-refractivity contribution is 7.99. The van der Waals surface area contributed by atoms with E-state index in [1.54, 1.807) is 7.11 Å². The van der Waals surface area contributed by atoms with Gasteiger partial charge in [0.1, 0.15) is 5.75 Å². The minimum Gasteiger partial charge on any atom is -0.497 e. The summed E-state index contributed by atoms with van der Waals surface area (Å²) in [6.45, 7) is 2.04. The molecular weight excluding hydrogens is 232 g/mol. The van der Waals surface area contributed by atoms with Gasteiger partial charge >= 0.3 is 0 Å². The number of hydrogen-bond acceptors (Lipinski definition) is 4. The monoisotopic (exact) mass is 244 g/mol. The molecule has 0 amide bonds. The van der Waals surface area contributed by atoms with Gasteiger partial charge in [-0.05, 0) is 36.8 Å². The first-order chi connectivity index (χ1) is 8.24. The summed E-state index contributed by atoms with van der Waals surface area (Å²) in [5.41, 5.74) is 2.08. The van der Waals surface area contributed by atoms with Gasteiger partial charge in [-0.3, -0.25) is 0 Å². The lowest BCUT2D eigenvalue weighted by molar-refractivity contribution is 0.415. The Labute approximate surface area is 104 Å². The number of nitriles is 1. The summed E-state index contributed by atoms with van der Waals surface area (Å²) in [5, 5.41) is 10.5. The highest BCUT2D eigenvalue weighted by Crippen LogP contribution is 2.26. The number of benzene rings is 1. The van der Waals surface area contributed by atoms with Crippen LogP contribution < -0.4 is 4.74 Å². The number of thioether (sulfide) groups is 1. The molecule has 2 aromatic rings. The fourth-order valence-corrected chi connectivity index (χ4v) is 2.29. The van der Waals surface area contributed by atoms with Crippen molar-refractivity contribution >= 4 is 22.7 Å². The van der Waals surface area contributed by atoms with E-state index in [9.17, 15) is 0 Å². The topological polar surface area (TPSA) is 45.9 Å². The molecule has 4 heteroatoms. The van der Waals surface area contributed by atoms with Crippen molar-refractivity contribution in [2.24, 2.45) is 0 Å². The Balaban J connectivity index is 2.48. The van der Waals surface area contributed by atoms with Crippen molar-refractivity contribution in [1.82, 2.24) is 4.98 Å². The van der Waals surface area contributed by atoms with Crippen LogP contribution in [0.4, 0.5) is 0 Å². The predicted octanol–water partition coefficient (Wildman–Crippen LogP) is 3.17. The van der Waals surface area contributed by atoms with E-state index in [0.717, 1.165) is 27.2 Å². The van der Waals surface area contributed by atoms with Crippen LogP contribution in [0.1, 0.15) is 5.56 Å². The maximum absolute atomic E-state index is 8.56. The molecule has 0 fully saturated rings. The SMILES string of the molecule is COc1ccc2nc(SCC#N)cc(C)c2c1. The highest BCUT2D eigenvalue weighted by atomic mass is 32.2. The fraction of sp³-hybridized carbons (Fsp3) is 0.231. The summed E-state index contributed by atoms with van der Waals surface area (Å²) in [4.78, 5) is 4.51. The number of pyridine rings is 1. The summed E-state index contributed by atoms with van der Waals surface area (Å²) < 4.78 is 5.20. The summed E-state index contributed by atoms with van der Waals surface area (Å²) in [6.07, 6.45) is 0. The molecule has 0 radical (unpaired) electrons. The Bertz CT molecular complexity index is 590. The van der Waals surface area contributed by atoms with Crippen LogP contribution in [0.25, 0.3) is 10.9 Å².